The molecule has 8 heteroatoms. The number of hydrazone groups is 1. The number of hydrogen-bond donors (Lipinski definition) is 1. The maximum Gasteiger partial charge on any atom is 0.277 e. The van der Waals surface area contributed by atoms with E-state index in [1.54, 1.807) is 18.2 Å². The number of halogens is 4. The lowest BCUT2D eigenvalue weighted by Gasteiger charge is -2.07. The molecule has 4 nitrogen and oxygen atoms in total. The molecule has 0 fully saturated rings. The zero-order valence-electron chi connectivity index (χ0n) is 11.5. The van der Waals surface area contributed by atoms with Crippen LogP contribution in [0.1, 0.15) is 5.56 Å². The lowest BCUT2D eigenvalue weighted by molar-refractivity contribution is -0.123. The van der Waals surface area contributed by atoms with E-state index in [1.165, 1.54) is 12.1 Å². The van der Waals surface area contributed by atoms with Crippen molar-refractivity contribution in [3.8, 4) is 5.75 Å². The fourth-order valence-electron chi connectivity index (χ4n) is 1.56. The summed E-state index contributed by atoms with van der Waals surface area (Å²) in [6, 6.07) is 8.50. The summed E-state index contributed by atoms with van der Waals surface area (Å²) in [5.74, 6) is -2.15. The van der Waals surface area contributed by atoms with Crippen molar-refractivity contribution in [1.29, 1.82) is 0 Å². The van der Waals surface area contributed by atoms with Crippen LogP contribution < -0.4 is 10.2 Å². The van der Waals surface area contributed by atoms with Crippen molar-refractivity contribution in [3.05, 3.63) is 63.1 Å². The number of nitrogens with zero attached hydrogens (tertiary/aromatic N) is 1. The number of hydrogen-bond acceptors (Lipinski definition) is 3. The van der Waals surface area contributed by atoms with E-state index in [9.17, 15) is 13.6 Å². The molecule has 1 N–H and O–H groups in total. The van der Waals surface area contributed by atoms with Gasteiger partial charge in [0.05, 0.1) is 10.7 Å². The Morgan fingerprint density at radius 2 is 2.13 bits per heavy atom. The van der Waals surface area contributed by atoms with Gasteiger partial charge in [-0.1, -0.05) is 23.7 Å². The molecule has 0 aliphatic heterocycles. The Kier molecular flexibility index (Phi) is 6.06. The third kappa shape index (κ3) is 5.01. The Labute approximate surface area is 144 Å². The zero-order valence-corrected chi connectivity index (χ0v) is 13.9. The molecule has 0 unspecified atom stereocenters. The van der Waals surface area contributed by atoms with Crippen molar-refractivity contribution >= 4 is 39.7 Å². The SMILES string of the molecule is O=C(COc1ccc(Cl)cc1Br)N/N=C/c1cccc(F)c1F. The highest BCUT2D eigenvalue weighted by atomic mass is 79.9. The molecule has 2 aromatic carbocycles. The highest BCUT2D eigenvalue weighted by Crippen LogP contribution is 2.27. The Balaban J connectivity index is 1.87. The fraction of sp³-hybridized carbons (Fsp3) is 0.0667. The predicted octanol–water partition coefficient (Wildman–Crippen LogP) is 3.91. The number of rotatable bonds is 5. The molecule has 0 aliphatic carbocycles. The van der Waals surface area contributed by atoms with Gasteiger partial charge in [0.15, 0.2) is 18.2 Å². The molecule has 0 spiro atoms. The second kappa shape index (κ2) is 8.03. The molecular weight excluding hydrogens is 394 g/mol. The Morgan fingerprint density at radius 1 is 1.35 bits per heavy atom. The van der Waals surface area contributed by atoms with Gasteiger partial charge in [0.1, 0.15) is 5.75 Å². The molecule has 2 aromatic rings. The summed E-state index contributed by atoms with van der Waals surface area (Å²) in [7, 11) is 0. The van der Waals surface area contributed by atoms with E-state index in [0.717, 1.165) is 12.3 Å². The monoisotopic (exact) mass is 402 g/mol. The number of amides is 1. The lowest BCUT2D eigenvalue weighted by Crippen LogP contribution is -2.24. The summed E-state index contributed by atoms with van der Waals surface area (Å²) in [6.07, 6.45) is 1.01. The molecule has 23 heavy (non-hydrogen) atoms. The maximum absolute atomic E-state index is 13.4. The van der Waals surface area contributed by atoms with Gasteiger partial charge in [0.25, 0.3) is 5.91 Å². The van der Waals surface area contributed by atoms with Gasteiger partial charge >= 0.3 is 0 Å². The van der Waals surface area contributed by atoms with Crippen molar-refractivity contribution in [2.45, 2.75) is 0 Å². The van der Waals surface area contributed by atoms with Crippen LogP contribution in [0.3, 0.4) is 0 Å². The predicted molar refractivity (Wildman–Crippen MR) is 86.7 cm³/mol. The third-order valence-corrected chi connectivity index (χ3v) is 3.48. The van der Waals surface area contributed by atoms with Gasteiger partial charge in [0, 0.05) is 10.6 Å². The van der Waals surface area contributed by atoms with Crippen LogP contribution in [0.4, 0.5) is 8.78 Å². The molecular formula is C15H10BrClF2N2O2. The average molecular weight is 404 g/mol. The number of carbonyl (C=O) groups is 1. The van der Waals surface area contributed by atoms with Crippen molar-refractivity contribution < 1.29 is 18.3 Å². The van der Waals surface area contributed by atoms with E-state index in [1.807, 2.05) is 0 Å². The quantitative estimate of drug-likeness (QED) is 0.608. The number of benzene rings is 2. The van der Waals surface area contributed by atoms with Crippen LogP contribution in [0.2, 0.25) is 5.02 Å². The van der Waals surface area contributed by atoms with Crippen LogP contribution >= 0.6 is 27.5 Å². The second-order valence-corrected chi connectivity index (χ2v) is 5.59. The lowest BCUT2D eigenvalue weighted by atomic mass is 10.2. The summed E-state index contributed by atoms with van der Waals surface area (Å²) in [5.41, 5.74) is 2.08. The zero-order chi connectivity index (χ0) is 16.8. The first-order chi connectivity index (χ1) is 11.0. The topological polar surface area (TPSA) is 50.7 Å². The van der Waals surface area contributed by atoms with Gasteiger partial charge in [0.2, 0.25) is 0 Å². The van der Waals surface area contributed by atoms with Crippen molar-refractivity contribution in [3.63, 3.8) is 0 Å². The minimum Gasteiger partial charge on any atom is -0.483 e. The molecule has 0 saturated carbocycles. The van der Waals surface area contributed by atoms with Crippen LogP contribution in [0.25, 0.3) is 0 Å². The Morgan fingerprint density at radius 3 is 2.87 bits per heavy atom. The number of ether oxygens (including phenoxy) is 1. The minimum absolute atomic E-state index is 0.0772. The van der Waals surface area contributed by atoms with E-state index < -0.39 is 17.5 Å². The highest BCUT2D eigenvalue weighted by Gasteiger charge is 2.07. The summed E-state index contributed by atoms with van der Waals surface area (Å²) >= 11 is 9.04. The summed E-state index contributed by atoms with van der Waals surface area (Å²) in [4.78, 5) is 11.6. The maximum atomic E-state index is 13.4. The Hall–Kier alpha value is -1.99. The minimum atomic E-state index is -1.04. The molecule has 1 amide bonds. The first-order valence-corrected chi connectivity index (χ1v) is 7.48. The molecule has 120 valence electrons. The molecule has 0 radical (unpaired) electrons. The Bertz CT molecular complexity index is 756. The molecule has 0 bridgehead atoms. The molecule has 2 rings (SSSR count). The van der Waals surface area contributed by atoms with E-state index in [0.29, 0.717) is 15.2 Å². The molecule has 0 heterocycles. The fourth-order valence-corrected chi connectivity index (χ4v) is 2.36. The standard InChI is InChI=1S/C15H10BrClF2N2O2/c16-11-6-10(17)4-5-13(11)23-8-14(22)21-20-7-9-2-1-3-12(18)15(9)19/h1-7H,8H2,(H,21,22)/b20-7+. The van der Waals surface area contributed by atoms with Gasteiger partial charge in [-0.3, -0.25) is 4.79 Å². The molecule has 0 aliphatic rings. The van der Waals surface area contributed by atoms with Crippen LogP contribution in [-0.4, -0.2) is 18.7 Å². The largest absolute Gasteiger partial charge is 0.483 e. The molecule has 0 atom stereocenters. The summed E-state index contributed by atoms with van der Waals surface area (Å²) < 4.78 is 32.2. The number of carbonyl (C=O) groups excluding carboxylic acids is 1. The van der Waals surface area contributed by atoms with Gasteiger partial charge in [-0.15, -0.1) is 0 Å². The second-order valence-electron chi connectivity index (χ2n) is 4.30. The smallest absolute Gasteiger partial charge is 0.277 e. The average Bonchev–Trinajstić information content (AvgIpc) is 2.50. The van der Waals surface area contributed by atoms with Crippen molar-refractivity contribution in [2.24, 2.45) is 5.10 Å². The van der Waals surface area contributed by atoms with Crippen LogP contribution in [0.15, 0.2) is 46.0 Å². The van der Waals surface area contributed by atoms with Crippen LogP contribution in [0, 0.1) is 11.6 Å². The van der Waals surface area contributed by atoms with Gasteiger partial charge in [-0.2, -0.15) is 5.10 Å². The molecule has 0 aromatic heterocycles. The van der Waals surface area contributed by atoms with E-state index >= 15 is 0 Å². The molecule has 0 saturated heterocycles. The normalized spacial score (nSPS) is 10.8. The summed E-state index contributed by atoms with van der Waals surface area (Å²) in [5, 5.41) is 4.07. The van der Waals surface area contributed by atoms with Gasteiger partial charge in [-0.05, 0) is 40.2 Å². The first-order valence-electron chi connectivity index (χ1n) is 6.31. The van der Waals surface area contributed by atoms with Crippen LogP contribution in [0.5, 0.6) is 5.75 Å². The van der Waals surface area contributed by atoms with Gasteiger partial charge in [-0.25, -0.2) is 14.2 Å². The highest BCUT2D eigenvalue weighted by molar-refractivity contribution is 9.10. The third-order valence-electron chi connectivity index (χ3n) is 2.63. The number of nitrogens with one attached hydrogen (secondary N) is 1. The first kappa shape index (κ1) is 17.4. The van der Waals surface area contributed by atoms with Crippen molar-refractivity contribution in [1.82, 2.24) is 5.43 Å². The van der Waals surface area contributed by atoms with E-state index in [4.69, 9.17) is 16.3 Å². The van der Waals surface area contributed by atoms with E-state index in [2.05, 4.69) is 26.5 Å². The van der Waals surface area contributed by atoms with Crippen molar-refractivity contribution in [2.75, 3.05) is 6.61 Å². The van der Waals surface area contributed by atoms with E-state index in [-0.39, 0.29) is 12.2 Å². The summed E-state index contributed by atoms with van der Waals surface area (Å²) in [6.45, 7) is -0.302. The van der Waals surface area contributed by atoms with Gasteiger partial charge < -0.3 is 4.74 Å². The van der Waals surface area contributed by atoms with Crippen LogP contribution in [-0.2, 0) is 4.79 Å².